The van der Waals surface area contributed by atoms with Crippen molar-refractivity contribution in [1.29, 1.82) is 0 Å². The Labute approximate surface area is 84.6 Å². The van der Waals surface area contributed by atoms with Gasteiger partial charge >= 0.3 is 6.09 Å². The first-order valence-corrected chi connectivity index (χ1v) is 5.28. The van der Waals surface area contributed by atoms with E-state index in [1.54, 1.807) is 0 Å². The van der Waals surface area contributed by atoms with Gasteiger partial charge < -0.3 is 15.2 Å². The maximum absolute atomic E-state index is 11.1. The van der Waals surface area contributed by atoms with Crippen molar-refractivity contribution >= 4 is 6.09 Å². The van der Waals surface area contributed by atoms with E-state index in [-0.39, 0.29) is 19.3 Å². The molecule has 82 valence electrons. The number of hydrogen-bond acceptors (Lipinski definition) is 3. The topological polar surface area (TPSA) is 58.6 Å². The van der Waals surface area contributed by atoms with Crippen LogP contribution in [0, 0.1) is 5.92 Å². The van der Waals surface area contributed by atoms with Gasteiger partial charge in [-0.1, -0.05) is 12.8 Å². The van der Waals surface area contributed by atoms with E-state index in [0.29, 0.717) is 5.92 Å². The number of nitrogens with one attached hydrogen (secondary N) is 1. The molecule has 0 aromatic carbocycles. The van der Waals surface area contributed by atoms with Gasteiger partial charge in [-0.15, -0.1) is 0 Å². The number of aliphatic hydroxyl groups excluding tert-OH is 1. The molecule has 1 aliphatic rings. The third-order valence-corrected chi connectivity index (χ3v) is 2.78. The highest BCUT2D eigenvalue weighted by atomic mass is 16.6. The van der Waals surface area contributed by atoms with E-state index in [0.717, 1.165) is 0 Å². The van der Waals surface area contributed by atoms with Gasteiger partial charge in [0.1, 0.15) is 6.61 Å². The molecule has 1 amide bonds. The predicted octanol–water partition coefficient (Wildman–Crippen LogP) is 1.28. The molecule has 1 unspecified atom stereocenters. The highest BCUT2D eigenvalue weighted by molar-refractivity contribution is 5.67. The molecule has 0 spiro atoms. The molecule has 0 heterocycles. The second-order valence-electron chi connectivity index (χ2n) is 3.84. The Morgan fingerprint density at radius 1 is 1.57 bits per heavy atom. The van der Waals surface area contributed by atoms with Crippen LogP contribution < -0.4 is 5.32 Å². The molecule has 0 saturated heterocycles. The first kappa shape index (κ1) is 11.3. The van der Waals surface area contributed by atoms with Crippen LogP contribution in [0.4, 0.5) is 4.79 Å². The fraction of sp³-hybridized carbons (Fsp3) is 0.900. The largest absolute Gasteiger partial charge is 0.447 e. The van der Waals surface area contributed by atoms with Gasteiger partial charge in [-0.05, 0) is 25.7 Å². The summed E-state index contributed by atoms with van der Waals surface area (Å²) in [6.07, 6.45) is 4.51. The molecule has 1 saturated carbocycles. The number of carbonyl (C=O) groups is 1. The maximum Gasteiger partial charge on any atom is 0.407 e. The molecule has 4 nitrogen and oxygen atoms in total. The SMILES string of the molecule is CC(NC(=O)OCCO)C1CCCC1. The van der Waals surface area contributed by atoms with Gasteiger partial charge in [0.25, 0.3) is 0 Å². The zero-order chi connectivity index (χ0) is 10.4. The molecular weight excluding hydrogens is 182 g/mol. The van der Waals surface area contributed by atoms with Crippen LogP contribution in [0.3, 0.4) is 0 Å². The summed E-state index contributed by atoms with van der Waals surface area (Å²) >= 11 is 0. The quantitative estimate of drug-likeness (QED) is 0.720. The van der Waals surface area contributed by atoms with Crippen molar-refractivity contribution in [3.05, 3.63) is 0 Å². The van der Waals surface area contributed by atoms with Crippen LogP contribution in [-0.4, -0.2) is 30.5 Å². The van der Waals surface area contributed by atoms with Crippen molar-refractivity contribution in [2.75, 3.05) is 13.2 Å². The minimum absolute atomic E-state index is 0.0726. The van der Waals surface area contributed by atoms with Crippen LogP contribution >= 0.6 is 0 Å². The van der Waals surface area contributed by atoms with E-state index >= 15 is 0 Å². The Morgan fingerprint density at radius 2 is 2.21 bits per heavy atom. The first-order valence-electron chi connectivity index (χ1n) is 5.28. The van der Waals surface area contributed by atoms with Crippen molar-refractivity contribution in [2.24, 2.45) is 5.92 Å². The van der Waals surface area contributed by atoms with E-state index in [1.165, 1.54) is 25.7 Å². The van der Waals surface area contributed by atoms with Crippen molar-refractivity contribution in [3.8, 4) is 0 Å². The Kier molecular flexibility index (Phi) is 4.73. The zero-order valence-electron chi connectivity index (χ0n) is 8.66. The molecule has 14 heavy (non-hydrogen) atoms. The minimum atomic E-state index is -0.418. The molecule has 1 atom stereocenters. The number of ether oxygens (including phenoxy) is 1. The normalized spacial score (nSPS) is 19.3. The molecule has 4 heteroatoms. The predicted molar refractivity (Wildman–Crippen MR) is 53.0 cm³/mol. The average Bonchev–Trinajstić information content (AvgIpc) is 2.67. The second-order valence-corrected chi connectivity index (χ2v) is 3.84. The smallest absolute Gasteiger partial charge is 0.407 e. The summed E-state index contributed by atoms with van der Waals surface area (Å²) in [6.45, 7) is 1.96. The second kappa shape index (κ2) is 5.86. The molecule has 0 aromatic rings. The van der Waals surface area contributed by atoms with E-state index in [1.807, 2.05) is 6.92 Å². The summed E-state index contributed by atoms with van der Waals surface area (Å²) in [5.41, 5.74) is 0. The molecule has 0 bridgehead atoms. The number of carbonyl (C=O) groups excluding carboxylic acids is 1. The summed E-state index contributed by atoms with van der Waals surface area (Å²) in [5, 5.41) is 11.2. The number of rotatable bonds is 4. The third kappa shape index (κ3) is 3.54. The summed E-state index contributed by atoms with van der Waals surface area (Å²) in [5.74, 6) is 0.594. The van der Waals surface area contributed by atoms with Gasteiger partial charge in [0, 0.05) is 6.04 Å². The van der Waals surface area contributed by atoms with Crippen molar-refractivity contribution in [2.45, 2.75) is 38.6 Å². The zero-order valence-corrected chi connectivity index (χ0v) is 8.66. The molecule has 0 aromatic heterocycles. The standard InChI is InChI=1S/C10H19NO3/c1-8(9-4-2-3-5-9)11-10(13)14-7-6-12/h8-9,12H,2-7H2,1H3,(H,11,13). The Hall–Kier alpha value is -0.770. The number of amides is 1. The van der Waals surface area contributed by atoms with E-state index < -0.39 is 6.09 Å². The van der Waals surface area contributed by atoms with Gasteiger partial charge in [-0.25, -0.2) is 4.79 Å². The monoisotopic (exact) mass is 201 g/mol. The van der Waals surface area contributed by atoms with Gasteiger partial charge in [0.2, 0.25) is 0 Å². The lowest BCUT2D eigenvalue weighted by atomic mass is 10.0. The molecule has 0 aliphatic heterocycles. The van der Waals surface area contributed by atoms with Crippen molar-refractivity contribution < 1.29 is 14.6 Å². The highest BCUT2D eigenvalue weighted by Crippen LogP contribution is 2.27. The molecule has 1 rings (SSSR count). The Bertz CT molecular complexity index is 178. The lowest BCUT2D eigenvalue weighted by molar-refractivity contribution is 0.114. The number of aliphatic hydroxyl groups is 1. The highest BCUT2D eigenvalue weighted by Gasteiger charge is 2.22. The van der Waals surface area contributed by atoms with E-state index in [9.17, 15) is 4.79 Å². The summed E-state index contributed by atoms with van der Waals surface area (Å²) in [6, 6.07) is 0.184. The minimum Gasteiger partial charge on any atom is -0.447 e. The fourth-order valence-corrected chi connectivity index (χ4v) is 1.94. The average molecular weight is 201 g/mol. The van der Waals surface area contributed by atoms with Crippen LogP contribution in [0.15, 0.2) is 0 Å². The lowest BCUT2D eigenvalue weighted by Gasteiger charge is -2.19. The molecular formula is C10H19NO3. The van der Waals surface area contributed by atoms with Crippen molar-refractivity contribution in [1.82, 2.24) is 5.32 Å². The third-order valence-electron chi connectivity index (χ3n) is 2.78. The van der Waals surface area contributed by atoms with E-state index in [2.05, 4.69) is 5.32 Å². The van der Waals surface area contributed by atoms with Crippen LogP contribution in [-0.2, 0) is 4.74 Å². The molecule has 2 N–H and O–H groups in total. The number of alkyl carbamates (subject to hydrolysis) is 1. The van der Waals surface area contributed by atoms with Crippen LogP contribution in [0.1, 0.15) is 32.6 Å². The maximum atomic E-state index is 11.1. The summed E-state index contributed by atoms with van der Waals surface area (Å²) in [4.78, 5) is 11.1. The Morgan fingerprint density at radius 3 is 2.79 bits per heavy atom. The van der Waals surface area contributed by atoms with Crippen LogP contribution in [0.5, 0.6) is 0 Å². The first-order chi connectivity index (χ1) is 6.74. The van der Waals surface area contributed by atoms with Gasteiger partial charge in [0.15, 0.2) is 0 Å². The summed E-state index contributed by atoms with van der Waals surface area (Å²) < 4.78 is 4.72. The van der Waals surface area contributed by atoms with E-state index in [4.69, 9.17) is 9.84 Å². The van der Waals surface area contributed by atoms with Crippen LogP contribution in [0.25, 0.3) is 0 Å². The van der Waals surface area contributed by atoms with Crippen LogP contribution in [0.2, 0.25) is 0 Å². The lowest BCUT2D eigenvalue weighted by Crippen LogP contribution is -2.37. The molecule has 1 fully saturated rings. The molecule has 0 radical (unpaired) electrons. The van der Waals surface area contributed by atoms with Crippen molar-refractivity contribution in [3.63, 3.8) is 0 Å². The fourth-order valence-electron chi connectivity index (χ4n) is 1.94. The Balaban J connectivity index is 2.18. The van der Waals surface area contributed by atoms with Gasteiger partial charge in [0.05, 0.1) is 6.61 Å². The number of hydrogen-bond donors (Lipinski definition) is 2. The van der Waals surface area contributed by atoms with Gasteiger partial charge in [-0.3, -0.25) is 0 Å². The molecule has 1 aliphatic carbocycles. The summed E-state index contributed by atoms with van der Waals surface area (Å²) in [7, 11) is 0. The van der Waals surface area contributed by atoms with Gasteiger partial charge in [-0.2, -0.15) is 0 Å².